The number of imidazole rings is 1. The normalized spacial score (nSPS) is 10.9. The van der Waals surface area contributed by atoms with E-state index in [-0.39, 0.29) is 0 Å². The summed E-state index contributed by atoms with van der Waals surface area (Å²) >= 11 is 1.71. The van der Waals surface area contributed by atoms with Crippen molar-refractivity contribution in [3.05, 3.63) is 47.9 Å². The van der Waals surface area contributed by atoms with Crippen molar-refractivity contribution < 1.29 is 0 Å². The molecule has 3 aromatic heterocycles. The van der Waals surface area contributed by atoms with Gasteiger partial charge >= 0.3 is 0 Å². The lowest BCUT2D eigenvalue weighted by atomic mass is 10.3. The lowest BCUT2D eigenvalue weighted by molar-refractivity contribution is 0.763. The first-order valence-electron chi connectivity index (χ1n) is 5.35. The molecule has 3 heterocycles. The molecule has 0 amide bonds. The minimum atomic E-state index is 0.807. The van der Waals surface area contributed by atoms with Crippen molar-refractivity contribution >= 4 is 11.3 Å². The topological polar surface area (TPSA) is 35.6 Å². The third-order valence-corrected chi connectivity index (χ3v) is 3.43. The zero-order valence-corrected chi connectivity index (χ0v) is 10.3. The highest BCUT2D eigenvalue weighted by atomic mass is 32.1. The smallest absolute Gasteiger partial charge is 0.150 e. The molecule has 0 spiro atoms. The van der Waals surface area contributed by atoms with Gasteiger partial charge in [-0.2, -0.15) is 5.10 Å². The van der Waals surface area contributed by atoms with Crippen LogP contribution >= 0.6 is 11.3 Å². The number of rotatable bonds is 3. The fourth-order valence-corrected chi connectivity index (χ4v) is 2.55. The van der Waals surface area contributed by atoms with Crippen LogP contribution in [0.4, 0.5) is 0 Å². The summed E-state index contributed by atoms with van der Waals surface area (Å²) in [5.74, 6) is 1.02. The van der Waals surface area contributed by atoms with Crippen LogP contribution in [0, 0.1) is 0 Å². The molecule has 0 saturated carbocycles. The summed E-state index contributed by atoms with van der Waals surface area (Å²) in [6, 6.07) is 4.13. The summed E-state index contributed by atoms with van der Waals surface area (Å²) in [5, 5.41) is 6.24. The molecule has 86 valence electrons. The third kappa shape index (κ3) is 2.01. The summed E-state index contributed by atoms with van der Waals surface area (Å²) in [6.45, 7) is 0.807. The number of aromatic nitrogens is 4. The van der Waals surface area contributed by atoms with Gasteiger partial charge in [0.25, 0.3) is 0 Å². The van der Waals surface area contributed by atoms with E-state index in [4.69, 9.17) is 0 Å². The maximum atomic E-state index is 4.41. The Balaban J connectivity index is 1.92. The molecule has 17 heavy (non-hydrogen) atoms. The molecule has 0 fully saturated rings. The van der Waals surface area contributed by atoms with Crippen molar-refractivity contribution in [1.82, 2.24) is 19.3 Å². The predicted molar refractivity (Wildman–Crippen MR) is 67.9 cm³/mol. The van der Waals surface area contributed by atoms with Crippen molar-refractivity contribution in [2.45, 2.75) is 6.54 Å². The molecule has 4 nitrogen and oxygen atoms in total. The fourth-order valence-electron chi connectivity index (χ4n) is 1.82. The van der Waals surface area contributed by atoms with Gasteiger partial charge in [-0.05, 0) is 11.4 Å². The maximum absolute atomic E-state index is 4.41. The van der Waals surface area contributed by atoms with Gasteiger partial charge in [-0.15, -0.1) is 11.3 Å². The number of hydrogen-bond acceptors (Lipinski definition) is 3. The number of hydrogen-bond donors (Lipinski definition) is 0. The average Bonchev–Trinajstić information content (AvgIpc) is 3.00. The van der Waals surface area contributed by atoms with Crippen LogP contribution in [0.3, 0.4) is 0 Å². The van der Waals surface area contributed by atoms with Crippen LogP contribution in [0.15, 0.2) is 42.3 Å². The molecular formula is C12H12N4S. The summed E-state index contributed by atoms with van der Waals surface area (Å²) in [5.41, 5.74) is 1.18. The molecule has 5 heteroatoms. The van der Waals surface area contributed by atoms with Crippen LogP contribution < -0.4 is 0 Å². The Labute approximate surface area is 103 Å². The average molecular weight is 244 g/mol. The molecule has 0 saturated heterocycles. The lowest BCUT2D eigenvalue weighted by Crippen LogP contribution is -1.99. The van der Waals surface area contributed by atoms with E-state index in [1.165, 1.54) is 10.4 Å². The predicted octanol–water partition coefficient (Wildman–Crippen LogP) is 2.39. The second-order valence-corrected chi connectivity index (χ2v) is 4.83. The second kappa shape index (κ2) is 4.18. The van der Waals surface area contributed by atoms with E-state index < -0.39 is 0 Å². The van der Waals surface area contributed by atoms with Gasteiger partial charge in [0.2, 0.25) is 0 Å². The largest absolute Gasteiger partial charge is 0.326 e. The van der Waals surface area contributed by atoms with Crippen LogP contribution in [0.5, 0.6) is 0 Å². The summed E-state index contributed by atoms with van der Waals surface area (Å²) < 4.78 is 3.96. The Morgan fingerprint density at radius 3 is 3.06 bits per heavy atom. The third-order valence-electron chi connectivity index (χ3n) is 2.57. The highest BCUT2D eigenvalue weighted by molar-refractivity contribution is 7.13. The van der Waals surface area contributed by atoms with Gasteiger partial charge in [-0.3, -0.25) is 4.68 Å². The molecule has 0 aromatic carbocycles. The van der Waals surface area contributed by atoms with Gasteiger partial charge in [0.1, 0.15) is 5.82 Å². The van der Waals surface area contributed by atoms with Crippen molar-refractivity contribution in [2.24, 2.45) is 7.05 Å². The molecule has 0 atom stereocenters. The van der Waals surface area contributed by atoms with E-state index >= 15 is 0 Å². The zero-order chi connectivity index (χ0) is 11.7. The van der Waals surface area contributed by atoms with Crippen LogP contribution in [0.1, 0.15) is 5.56 Å². The van der Waals surface area contributed by atoms with Gasteiger partial charge < -0.3 is 4.57 Å². The van der Waals surface area contributed by atoms with Crippen molar-refractivity contribution in [2.75, 3.05) is 0 Å². The molecular weight excluding hydrogens is 232 g/mol. The fraction of sp³-hybridized carbons (Fsp3) is 0.167. The number of nitrogens with zero attached hydrogens (tertiary/aromatic N) is 4. The lowest BCUT2D eigenvalue weighted by Gasteiger charge is -2.04. The van der Waals surface area contributed by atoms with Crippen LogP contribution in [-0.2, 0) is 13.6 Å². The number of thiophene rings is 1. The molecule has 0 aliphatic carbocycles. The van der Waals surface area contributed by atoms with Crippen LogP contribution in [-0.4, -0.2) is 19.3 Å². The molecule has 3 rings (SSSR count). The highest BCUT2D eigenvalue weighted by Crippen LogP contribution is 2.23. The quantitative estimate of drug-likeness (QED) is 0.709. The minimum Gasteiger partial charge on any atom is -0.326 e. The summed E-state index contributed by atoms with van der Waals surface area (Å²) in [6.07, 6.45) is 7.75. The summed E-state index contributed by atoms with van der Waals surface area (Å²) in [7, 11) is 1.93. The SMILES string of the molecule is Cn1cc(Cn2ccnc2-c2cccs2)cn1. The first-order valence-corrected chi connectivity index (χ1v) is 6.23. The van der Waals surface area contributed by atoms with Gasteiger partial charge in [-0.25, -0.2) is 4.98 Å². The van der Waals surface area contributed by atoms with E-state index in [0.717, 1.165) is 12.4 Å². The Morgan fingerprint density at radius 1 is 1.41 bits per heavy atom. The molecule has 0 aliphatic rings. The first kappa shape index (κ1) is 10.3. The second-order valence-electron chi connectivity index (χ2n) is 3.88. The van der Waals surface area contributed by atoms with Crippen LogP contribution in [0.2, 0.25) is 0 Å². The standard InChI is InChI=1S/C12H12N4S/c1-15-8-10(7-14-15)9-16-5-4-13-12(16)11-3-2-6-17-11/h2-8H,9H2,1H3. The molecule has 0 radical (unpaired) electrons. The molecule has 0 unspecified atom stereocenters. The number of aryl methyl sites for hydroxylation is 1. The van der Waals surface area contributed by atoms with Crippen molar-refractivity contribution in [3.8, 4) is 10.7 Å². The Bertz CT molecular complexity index is 606. The highest BCUT2D eigenvalue weighted by Gasteiger charge is 2.07. The van der Waals surface area contributed by atoms with E-state index in [0.29, 0.717) is 0 Å². The van der Waals surface area contributed by atoms with E-state index in [1.807, 2.05) is 42.6 Å². The molecule has 0 bridgehead atoms. The van der Waals surface area contributed by atoms with Gasteiger partial charge in [0.15, 0.2) is 0 Å². The Kier molecular flexibility index (Phi) is 2.53. The van der Waals surface area contributed by atoms with Gasteiger partial charge in [0, 0.05) is 31.2 Å². The molecule has 0 aliphatic heterocycles. The minimum absolute atomic E-state index is 0.807. The zero-order valence-electron chi connectivity index (χ0n) is 9.45. The molecule has 3 aromatic rings. The first-order chi connectivity index (χ1) is 8.33. The van der Waals surface area contributed by atoms with Crippen LogP contribution in [0.25, 0.3) is 10.7 Å². The van der Waals surface area contributed by atoms with Gasteiger partial charge in [0.05, 0.1) is 17.6 Å². The van der Waals surface area contributed by atoms with Crippen molar-refractivity contribution in [1.29, 1.82) is 0 Å². The monoisotopic (exact) mass is 244 g/mol. The van der Waals surface area contributed by atoms with E-state index in [2.05, 4.69) is 26.1 Å². The Morgan fingerprint density at radius 2 is 2.35 bits per heavy atom. The summed E-state index contributed by atoms with van der Waals surface area (Å²) in [4.78, 5) is 5.60. The Hall–Kier alpha value is -1.88. The maximum Gasteiger partial charge on any atom is 0.150 e. The van der Waals surface area contributed by atoms with Crippen molar-refractivity contribution in [3.63, 3.8) is 0 Å². The van der Waals surface area contributed by atoms with E-state index in [9.17, 15) is 0 Å². The molecule has 0 N–H and O–H groups in total. The van der Waals surface area contributed by atoms with Gasteiger partial charge in [-0.1, -0.05) is 6.07 Å². The van der Waals surface area contributed by atoms with E-state index in [1.54, 1.807) is 11.3 Å².